The highest BCUT2D eigenvalue weighted by Gasteiger charge is 2.36. The van der Waals surface area contributed by atoms with Crippen LogP contribution in [0.2, 0.25) is 19.6 Å². The minimum absolute atomic E-state index is 0.0979. The molecule has 0 radical (unpaired) electrons. The summed E-state index contributed by atoms with van der Waals surface area (Å²) in [5.74, 6) is 1.91. The zero-order valence-electron chi connectivity index (χ0n) is 35.3. The fourth-order valence-electron chi connectivity index (χ4n) is 8.82. The molecule has 1 heterocycles. The molecule has 61 heavy (non-hydrogen) atoms. The maximum Gasteiger partial charge on any atom is 0.164 e. The summed E-state index contributed by atoms with van der Waals surface area (Å²) in [6.07, 6.45) is 0. The third kappa shape index (κ3) is 7.23. The molecule has 0 saturated heterocycles. The Kier molecular flexibility index (Phi) is 9.54. The molecule has 0 bridgehead atoms. The molecule has 0 spiro atoms. The molecule has 1 aromatic heterocycles. The summed E-state index contributed by atoms with van der Waals surface area (Å²) in [4.78, 5) is 15.6. The smallest absolute Gasteiger partial charge is 0.164 e. The van der Waals surface area contributed by atoms with Crippen LogP contribution in [0, 0.1) is 0 Å². The average molecular weight is 802 g/mol. The molecule has 1 aliphatic carbocycles. The molecule has 0 unspecified atom stereocenters. The minimum atomic E-state index is -1.46. The molecular formula is C57H47N3Si. The number of fused-ring (bicyclic) bond motifs is 3. The predicted molar refractivity (Wildman–Crippen MR) is 258 cm³/mol. The second kappa shape index (κ2) is 15.2. The van der Waals surface area contributed by atoms with Gasteiger partial charge >= 0.3 is 0 Å². The summed E-state index contributed by atoms with van der Waals surface area (Å²) in [6, 6.07) is 69.5. The molecule has 3 nitrogen and oxygen atoms in total. The average Bonchev–Trinajstić information content (AvgIpc) is 3.54. The lowest BCUT2D eigenvalue weighted by Crippen LogP contribution is -2.38. The topological polar surface area (TPSA) is 38.7 Å². The highest BCUT2D eigenvalue weighted by Crippen LogP contribution is 2.49. The lowest BCUT2D eigenvalue weighted by atomic mass is 9.81. The van der Waals surface area contributed by atoms with E-state index in [0.717, 1.165) is 44.5 Å². The van der Waals surface area contributed by atoms with Gasteiger partial charge < -0.3 is 0 Å². The molecule has 0 atom stereocenters. The van der Waals surface area contributed by atoms with Crippen molar-refractivity contribution in [2.45, 2.75) is 38.9 Å². The Morgan fingerprint density at radius 2 is 0.738 bits per heavy atom. The van der Waals surface area contributed by atoms with Crippen molar-refractivity contribution in [1.29, 1.82) is 0 Å². The molecule has 0 N–H and O–H groups in total. The van der Waals surface area contributed by atoms with Crippen LogP contribution in [0.4, 0.5) is 0 Å². The van der Waals surface area contributed by atoms with E-state index >= 15 is 0 Å². The van der Waals surface area contributed by atoms with Crippen molar-refractivity contribution in [3.05, 3.63) is 205 Å². The normalized spacial score (nSPS) is 12.8. The Bertz CT molecular complexity index is 3050. The first-order chi connectivity index (χ1) is 29.6. The molecule has 294 valence electrons. The van der Waals surface area contributed by atoms with Crippen LogP contribution in [0.5, 0.6) is 0 Å². The standard InChI is InChI=1S/C57H47N3Si/c1-57(2)52-36-45(31-33-49(52)50-34-32-47(37-53(50)57)61(3,4)5)44-19-14-20-46(35-44)55-58-54(59-56(60-55)51-22-13-12-21-48(51)42-17-10-7-11-18-42)43-29-27-41(28-30-43)40-25-23-39(24-26-40)38-15-8-6-9-16-38/h6-37H,1-5H3. The van der Waals surface area contributed by atoms with Crippen LogP contribution in [-0.2, 0) is 5.41 Å². The van der Waals surface area contributed by atoms with Crippen LogP contribution in [0.1, 0.15) is 25.0 Å². The van der Waals surface area contributed by atoms with Crippen molar-refractivity contribution >= 4 is 13.3 Å². The van der Waals surface area contributed by atoms with Crippen LogP contribution in [0.3, 0.4) is 0 Å². The molecule has 10 rings (SSSR count). The largest absolute Gasteiger partial charge is 0.208 e. The molecule has 0 aliphatic heterocycles. The van der Waals surface area contributed by atoms with Crippen molar-refractivity contribution in [2.75, 3.05) is 0 Å². The van der Waals surface area contributed by atoms with Gasteiger partial charge in [0.2, 0.25) is 0 Å². The van der Waals surface area contributed by atoms with Gasteiger partial charge in [0.25, 0.3) is 0 Å². The van der Waals surface area contributed by atoms with E-state index in [-0.39, 0.29) is 5.41 Å². The second-order valence-electron chi connectivity index (χ2n) is 17.7. The lowest BCUT2D eigenvalue weighted by molar-refractivity contribution is 0.661. The third-order valence-corrected chi connectivity index (χ3v) is 14.4. The summed E-state index contributed by atoms with van der Waals surface area (Å²) >= 11 is 0. The van der Waals surface area contributed by atoms with Gasteiger partial charge in [-0.15, -0.1) is 0 Å². The molecule has 4 heteroatoms. The van der Waals surface area contributed by atoms with E-state index in [2.05, 4.69) is 222 Å². The Morgan fingerprint density at radius 3 is 1.36 bits per heavy atom. The number of hydrogen-bond acceptors (Lipinski definition) is 3. The van der Waals surface area contributed by atoms with Crippen molar-refractivity contribution in [3.63, 3.8) is 0 Å². The monoisotopic (exact) mass is 801 g/mol. The van der Waals surface area contributed by atoms with Crippen LogP contribution < -0.4 is 5.19 Å². The molecule has 9 aromatic rings. The number of nitrogens with zero attached hydrogens (tertiary/aromatic N) is 3. The zero-order valence-corrected chi connectivity index (χ0v) is 36.3. The summed E-state index contributed by atoms with van der Waals surface area (Å²) in [7, 11) is -1.46. The fourth-order valence-corrected chi connectivity index (χ4v) is 9.98. The number of rotatable bonds is 8. The number of aromatic nitrogens is 3. The summed E-state index contributed by atoms with van der Waals surface area (Å²) in [5.41, 5.74) is 17.4. The van der Waals surface area contributed by atoms with Crippen molar-refractivity contribution in [2.24, 2.45) is 0 Å². The Hall–Kier alpha value is -7.01. The van der Waals surface area contributed by atoms with E-state index in [1.54, 1.807) is 0 Å². The van der Waals surface area contributed by atoms with Gasteiger partial charge in [0, 0.05) is 22.1 Å². The van der Waals surface area contributed by atoms with E-state index < -0.39 is 8.07 Å². The fraction of sp³-hybridized carbons (Fsp3) is 0.105. The molecule has 1 aliphatic rings. The van der Waals surface area contributed by atoms with E-state index in [0.29, 0.717) is 17.5 Å². The molecule has 8 aromatic carbocycles. The zero-order chi connectivity index (χ0) is 41.7. The maximum absolute atomic E-state index is 5.24. The van der Waals surface area contributed by atoms with Crippen molar-refractivity contribution in [1.82, 2.24) is 15.0 Å². The van der Waals surface area contributed by atoms with Crippen molar-refractivity contribution < 1.29 is 0 Å². The van der Waals surface area contributed by atoms with Crippen molar-refractivity contribution in [3.8, 4) is 89.8 Å². The summed E-state index contributed by atoms with van der Waals surface area (Å²) in [6.45, 7) is 12.0. The SMILES string of the molecule is CC1(C)c2cc(-c3cccc(-c4nc(-c5ccc(-c6ccc(-c7ccccc7)cc6)cc5)nc(-c5ccccc5-c5ccccc5)n4)c3)ccc2-c2ccc([Si](C)(C)C)cc21. The minimum Gasteiger partial charge on any atom is -0.208 e. The van der Waals surface area contributed by atoms with E-state index in [1.807, 2.05) is 6.07 Å². The van der Waals surface area contributed by atoms with Gasteiger partial charge in [-0.25, -0.2) is 15.0 Å². The van der Waals surface area contributed by atoms with Crippen LogP contribution >= 0.6 is 0 Å². The molecule has 0 saturated carbocycles. The second-order valence-corrected chi connectivity index (χ2v) is 22.8. The highest BCUT2D eigenvalue weighted by molar-refractivity contribution is 6.88. The van der Waals surface area contributed by atoms with E-state index in [9.17, 15) is 0 Å². The number of benzene rings is 8. The Morgan fingerprint density at radius 1 is 0.311 bits per heavy atom. The first kappa shape index (κ1) is 38.2. The Labute approximate surface area is 360 Å². The molecule has 0 fully saturated rings. The lowest BCUT2D eigenvalue weighted by Gasteiger charge is -2.24. The third-order valence-electron chi connectivity index (χ3n) is 12.4. The maximum atomic E-state index is 5.24. The van der Waals surface area contributed by atoms with Gasteiger partial charge in [0.1, 0.15) is 0 Å². The molecular weight excluding hydrogens is 755 g/mol. The first-order valence-electron chi connectivity index (χ1n) is 21.2. The first-order valence-corrected chi connectivity index (χ1v) is 24.7. The van der Waals surface area contributed by atoms with Gasteiger partial charge in [-0.2, -0.15) is 0 Å². The van der Waals surface area contributed by atoms with Gasteiger partial charge in [0.05, 0.1) is 8.07 Å². The highest BCUT2D eigenvalue weighted by atomic mass is 28.3. The van der Waals surface area contributed by atoms with Gasteiger partial charge in [-0.3, -0.25) is 0 Å². The Balaban J connectivity index is 1.04. The van der Waals surface area contributed by atoms with E-state index in [4.69, 9.17) is 15.0 Å². The quantitative estimate of drug-likeness (QED) is 0.144. The summed E-state index contributed by atoms with van der Waals surface area (Å²) in [5, 5.41) is 1.51. The van der Waals surface area contributed by atoms with Crippen LogP contribution in [0.25, 0.3) is 89.8 Å². The van der Waals surface area contributed by atoms with Gasteiger partial charge in [0.15, 0.2) is 17.5 Å². The number of hydrogen-bond donors (Lipinski definition) is 0. The van der Waals surface area contributed by atoms with Gasteiger partial charge in [-0.1, -0.05) is 221 Å². The summed E-state index contributed by atoms with van der Waals surface area (Å²) < 4.78 is 0. The molecule has 0 amide bonds. The van der Waals surface area contributed by atoms with Crippen LogP contribution in [-0.4, -0.2) is 23.0 Å². The van der Waals surface area contributed by atoms with E-state index in [1.165, 1.54) is 44.1 Å². The van der Waals surface area contributed by atoms with Gasteiger partial charge in [-0.05, 0) is 78.9 Å². The predicted octanol–water partition coefficient (Wildman–Crippen LogP) is 14.4. The van der Waals surface area contributed by atoms with Crippen LogP contribution in [0.15, 0.2) is 194 Å².